The third-order valence-corrected chi connectivity index (χ3v) is 8.23. The minimum absolute atomic E-state index is 0.724. The van der Waals surface area contributed by atoms with Gasteiger partial charge in [-0.1, -0.05) is 109 Å². The van der Waals surface area contributed by atoms with Gasteiger partial charge in [-0.2, -0.15) is 0 Å². The van der Waals surface area contributed by atoms with Crippen molar-refractivity contribution >= 4 is 65.2 Å². The molecule has 190 valence electrons. The molecule has 0 aliphatic carbocycles. The van der Waals surface area contributed by atoms with E-state index < -0.39 is 0 Å². The van der Waals surface area contributed by atoms with E-state index in [2.05, 4.69) is 103 Å². The van der Waals surface area contributed by atoms with Gasteiger partial charge in [0.2, 0.25) is 0 Å². The lowest BCUT2D eigenvalue weighted by molar-refractivity contribution is 0.673. The molecule has 0 bridgehead atoms. The van der Waals surface area contributed by atoms with E-state index >= 15 is 0 Å². The zero-order valence-electron chi connectivity index (χ0n) is 22.0. The maximum absolute atomic E-state index is 6.49. The first-order valence-corrected chi connectivity index (χ1v) is 13.8. The van der Waals surface area contributed by atoms with Gasteiger partial charge in [0.1, 0.15) is 11.2 Å². The molecule has 7 aromatic carbocycles. The van der Waals surface area contributed by atoms with E-state index in [1.807, 2.05) is 30.3 Å². The van der Waals surface area contributed by atoms with Gasteiger partial charge in [-0.05, 0) is 45.8 Å². The summed E-state index contributed by atoms with van der Waals surface area (Å²) in [6, 6.07) is 46.6. The van der Waals surface area contributed by atoms with E-state index in [1.165, 1.54) is 21.5 Å². The van der Waals surface area contributed by atoms with Gasteiger partial charge >= 0.3 is 0 Å². The van der Waals surface area contributed by atoms with Crippen LogP contribution in [0.1, 0.15) is 0 Å². The van der Waals surface area contributed by atoms with Crippen molar-refractivity contribution in [3.63, 3.8) is 0 Å². The number of aromatic nitrogens is 2. The quantitative estimate of drug-likeness (QED) is 0.212. The number of hydrogen-bond acceptors (Lipinski definition) is 3. The van der Waals surface area contributed by atoms with Crippen molar-refractivity contribution in [1.29, 1.82) is 0 Å². The molecule has 41 heavy (non-hydrogen) atoms. The van der Waals surface area contributed by atoms with Gasteiger partial charge < -0.3 is 4.42 Å². The second-order valence-corrected chi connectivity index (χ2v) is 10.6. The highest BCUT2D eigenvalue weighted by molar-refractivity contribution is 6.28. The maximum Gasteiger partial charge on any atom is 0.160 e. The van der Waals surface area contributed by atoms with Gasteiger partial charge in [0.05, 0.1) is 11.2 Å². The van der Waals surface area contributed by atoms with Crippen LogP contribution in [0.25, 0.3) is 87.8 Å². The number of fused-ring (bicyclic) bond motifs is 10. The van der Waals surface area contributed by atoms with E-state index in [-0.39, 0.29) is 0 Å². The molecule has 0 saturated heterocycles. The fraction of sp³-hybridized carbons (Fsp3) is 0. The van der Waals surface area contributed by atoms with Crippen LogP contribution in [0, 0.1) is 0 Å². The number of furan rings is 1. The fourth-order valence-corrected chi connectivity index (χ4v) is 6.31. The van der Waals surface area contributed by atoms with Crippen molar-refractivity contribution in [1.82, 2.24) is 9.97 Å². The minimum Gasteiger partial charge on any atom is -0.455 e. The zero-order chi connectivity index (χ0) is 26.9. The van der Waals surface area contributed by atoms with E-state index in [1.54, 1.807) is 0 Å². The van der Waals surface area contributed by atoms with Crippen LogP contribution in [-0.2, 0) is 0 Å². The Morgan fingerprint density at radius 3 is 2.00 bits per heavy atom. The summed E-state index contributed by atoms with van der Waals surface area (Å²) in [5.74, 6) is 0.724. The van der Waals surface area contributed by atoms with Gasteiger partial charge in [0.15, 0.2) is 5.82 Å². The van der Waals surface area contributed by atoms with Gasteiger partial charge in [0, 0.05) is 38.1 Å². The summed E-state index contributed by atoms with van der Waals surface area (Å²) in [7, 11) is 0. The molecule has 0 saturated carbocycles. The summed E-state index contributed by atoms with van der Waals surface area (Å²) in [5.41, 5.74) is 5.82. The van der Waals surface area contributed by atoms with Gasteiger partial charge in [0.25, 0.3) is 0 Å². The first kappa shape index (κ1) is 22.3. The molecule has 0 atom stereocenters. The largest absolute Gasteiger partial charge is 0.455 e. The Morgan fingerprint density at radius 1 is 0.439 bits per heavy atom. The fourth-order valence-electron chi connectivity index (χ4n) is 6.31. The lowest BCUT2D eigenvalue weighted by Gasteiger charge is -2.12. The highest BCUT2D eigenvalue weighted by atomic mass is 16.3. The molecule has 0 aliphatic heterocycles. The van der Waals surface area contributed by atoms with Crippen LogP contribution in [-0.4, -0.2) is 9.97 Å². The highest BCUT2D eigenvalue weighted by Gasteiger charge is 2.16. The first-order valence-electron chi connectivity index (χ1n) is 13.8. The summed E-state index contributed by atoms with van der Waals surface area (Å²) >= 11 is 0. The molecule has 3 heteroatoms. The van der Waals surface area contributed by atoms with Crippen LogP contribution in [0.15, 0.2) is 138 Å². The van der Waals surface area contributed by atoms with Crippen LogP contribution >= 0.6 is 0 Å². The summed E-state index contributed by atoms with van der Waals surface area (Å²) in [6.07, 6.45) is 0. The molecule has 0 amide bonds. The Balaban J connectivity index is 1.32. The average molecular weight is 523 g/mol. The highest BCUT2D eigenvalue weighted by Crippen LogP contribution is 2.40. The number of benzene rings is 7. The minimum atomic E-state index is 0.724. The Labute approximate surface area is 235 Å². The van der Waals surface area contributed by atoms with Crippen LogP contribution in [0.3, 0.4) is 0 Å². The van der Waals surface area contributed by atoms with Crippen LogP contribution in [0.4, 0.5) is 0 Å². The van der Waals surface area contributed by atoms with E-state index in [0.29, 0.717) is 0 Å². The molecule has 2 heterocycles. The van der Waals surface area contributed by atoms with Gasteiger partial charge in [-0.25, -0.2) is 9.97 Å². The molecule has 2 aromatic heterocycles. The molecule has 0 spiro atoms. The van der Waals surface area contributed by atoms with Crippen molar-refractivity contribution < 1.29 is 4.42 Å². The molecule has 3 nitrogen and oxygen atoms in total. The van der Waals surface area contributed by atoms with Gasteiger partial charge in [-0.3, -0.25) is 0 Å². The lowest BCUT2D eigenvalue weighted by atomic mass is 9.94. The summed E-state index contributed by atoms with van der Waals surface area (Å²) in [6.45, 7) is 0. The molecule has 0 N–H and O–H groups in total. The Bertz CT molecular complexity index is 2470. The Morgan fingerprint density at radius 2 is 1.12 bits per heavy atom. The molecule has 9 rings (SSSR count). The second-order valence-electron chi connectivity index (χ2n) is 10.6. The number of hydrogen-bond donors (Lipinski definition) is 0. The predicted octanol–water partition coefficient (Wildman–Crippen LogP) is 10.3. The molecular weight excluding hydrogens is 500 g/mol. The summed E-state index contributed by atoms with van der Waals surface area (Å²) < 4.78 is 6.49. The summed E-state index contributed by atoms with van der Waals surface area (Å²) in [4.78, 5) is 10.1. The monoisotopic (exact) mass is 522 g/mol. The van der Waals surface area contributed by atoms with E-state index in [4.69, 9.17) is 14.4 Å². The molecule has 0 unspecified atom stereocenters. The summed E-state index contributed by atoms with van der Waals surface area (Å²) in [5, 5.41) is 10.4. The predicted molar refractivity (Wildman–Crippen MR) is 170 cm³/mol. The average Bonchev–Trinajstić information content (AvgIpc) is 3.43. The Hall–Kier alpha value is -5.54. The third kappa shape index (κ3) is 3.33. The second kappa shape index (κ2) is 8.48. The van der Waals surface area contributed by atoms with Crippen molar-refractivity contribution in [2.45, 2.75) is 0 Å². The molecular formula is C38H22N2O. The van der Waals surface area contributed by atoms with Crippen molar-refractivity contribution in [3.8, 4) is 22.6 Å². The van der Waals surface area contributed by atoms with E-state index in [9.17, 15) is 0 Å². The first-order chi connectivity index (χ1) is 20.3. The number of nitrogens with zero attached hydrogens (tertiary/aromatic N) is 2. The van der Waals surface area contributed by atoms with Crippen molar-refractivity contribution in [3.05, 3.63) is 133 Å². The van der Waals surface area contributed by atoms with Crippen LogP contribution < -0.4 is 0 Å². The van der Waals surface area contributed by atoms with Gasteiger partial charge in [-0.15, -0.1) is 0 Å². The smallest absolute Gasteiger partial charge is 0.160 e. The third-order valence-electron chi connectivity index (χ3n) is 8.23. The lowest BCUT2D eigenvalue weighted by Crippen LogP contribution is -1.95. The van der Waals surface area contributed by atoms with Crippen molar-refractivity contribution in [2.24, 2.45) is 0 Å². The van der Waals surface area contributed by atoms with Crippen LogP contribution in [0.2, 0.25) is 0 Å². The number of para-hydroxylation sites is 2. The molecule has 9 aromatic rings. The molecule has 0 radical (unpaired) electrons. The Kier molecular flexibility index (Phi) is 4.61. The normalized spacial score (nSPS) is 11.9. The molecule has 0 fully saturated rings. The zero-order valence-corrected chi connectivity index (χ0v) is 22.0. The van der Waals surface area contributed by atoms with E-state index in [0.717, 1.165) is 66.3 Å². The number of rotatable bonds is 2. The van der Waals surface area contributed by atoms with Crippen molar-refractivity contribution in [2.75, 3.05) is 0 Å². The molecule has 0 aliphatic rings. The standard InChI is InChI=1S/C38H22N2O/c1-2-8-25(9-3-1)36-31-11-4-6-12-32(31)39-38(40-36)27-19-20-28-26(22-27)17-16-23-14-15-24-18-21-30-29-10-5-7-13-33(29)41-37(30)35(24)34(23)28/h1-22H. The van der Waals surface area contributed by atoms with Crippen LogP contribution in [0.5, 0.6) is 0 Å². The maximum atomic E-state index is 6.49. The topological polar surface area (TPSA) is 38.9 Å². The SMILES string of the molecule is c1ccc(-c2nc(-c3ccc4c(ccc5ccc6ccc7c8ccccc8oc7c6c54)c3)nc3ccccc23)cc1.